The molecule has 0 aromatic heterocycles. The number of benzene rings is 1. The monoisotopic (exact) mass is 196 g/mol. The third-order valence-corrected chi connectivity index (χ3v) is 1.53. The first-order valence-corrected chi connectivity index (χ1v) is 5.22. The molecule has 0 aliphatic carbocycles. The molecule has 0 amide bonds. The van der Waals surface area contributed by atoms with Crippen LogP contribution in [0.25, 0.3) is 0 Å². The van der Waals surface area contributed by atoms with Gasteiger partial charge in [-0.1, -0.05) is 33.8 Å². The fraction of sp³-hybridized carbons (Fsp3) is 0.500. The molecule has 0 N–H and O–H groups in total. The molecule has 2 heteroatoms. The van der Waals surface area contributed by atoms with E-state index in [0.29, 0.717) is 6.79 Å². The van der Waals surface area contributed by atoms with Gasteiger partial charge in [-0.2, -0.15) is 0 Å². The Bertz CT molecular complexity index is 256. The van der Waals surface area contributed by atoms with Crippen LogP contribution in [-0.2, 0) is 0 Å². The van der Waals surface area contributed by atoms with E-state index in [4.69, 9.17) is 9.47 Å². The molecule has 14 heavy (non-hydrogen) atoms. The lowest BCUT2D eigenvalue weighted by Gasteiger charge is -1.94. The topological polar surface area (TPSA) is 18.5 Å². The molecular weight excluding hydrogens is 176 g/mol. The highest BCUT2D eigenvalue weighted by molar-refractivity contribution is 5.43. The first-order chi connectivity index (χ1) is 6.86. The largest absolute Gasteiger partial charge is 0.454 e. The highest BCUT2D eigenvalue weighted by atomic mass is 16.7. The van der Waals surface area contributed by atoms with E-state index in [2.05, 4.69) is 0 Å². The summed E-state index contributed by atoms with van der Waals surface area (Å²) in [6.45, 7) is 10.4. The molecule has 0 radical (unpaired) electrons. The van der Waals surface area contributed by atoms with Crippen LogP contribution in [0.2, 0.25) is 0 Å². The van der Waals surface area contributed by atoms with Gasteiger partial charge in [0.1, 0.15) is 0 Å². The molecule has 80 valence electrons. The summed E-state index contributed by atoms with van der Waals surface area (Å²) in [7, 11) is 0. The van der Waals surface area contributed by atoms with Crippen molar-refractivity contribution in [2.45, 2.75) is 34.6 Å². The molecule has 0 unspecified atom stereocenters. The quantitative estimate of drug-likeness (QED) is 0.628. The minimum atomic E-state index is 0.360. The van der Waals surface area contributed by atoms with Gasteiger partial charge in [-0.3, -0.25) is 0 Å². The summed E-state index contributed by atoms with van der Waals surface area (Å²) < 4.78 is 10.3. The third-order valence-electron chi connectivity index (χ3n) is 1.53. The first kappa shape index (κ1) is 12.8. The van der Waals surface area contributed by atoms with Crippen molar-refractivity contribution in [2.75, 3.05) is 6.79 Å². The van der Waals surface area contributed by atoms with Crippen LogP contribution < -0.4 is 9.47 Å². The van der Waals surface area contributed by atoms with Crippen molar-refractivity contribution in [3.05, 3.63) is 23.8 Å². The molecule has 0 spiro atoms. The Morgan fingerprint density at radius 2 is 1.50 bits per heavy atom. The Labute approximate surface area is 86.9 Å². The zero-order valence-corrected chi connectivity index (χ0v) is 9.76. The molecule has 1 aliphatic rings. The van der Waals surface area contributed by atoms with Crippen LogP contribution in [0.3, 0.4) is 0 Å². The molecule has 1 aliphatic heterocycles. The lowest BCUT2D eigenvalue weighted by Crippen LogP contribution is -1.92. The Balaban J connectivity index is 0.000000379. The number of fused-ring (bicyclic) bond motifs is 1. The standard InChI is InChI=1S/C8H8O2.2C2H6/c1-6-2-3-7-8(4-6)10-5-9-7;2*1-2/h2-4H,5H2,1H3;2*1-2H3. The average Bonchev–Trinajstić information content (AvgIpc) is 2.71. The Morgan fingerprint density at radius 1 is 0.929 bits per heavy atom. The summed E-state index contributed by atoms with van der Waals surface area (Å²) in [4.78, 5) is 0. The molecule has 1 aromatic rings. The number of aryl methyl sites for hydroxylation is 1. The maximum absolute atomic E-state index is 5.16. The van der Waals surface area contributed by atoms with Crippen molar-refractivity contribution >= 4 is 0 Å². The molecule has 1 heterocycles. The van der Waals surface area contributed by atoms with E-state index in [0.717, 1.165) is 11.5 Å². The van der Waals surface area contributed by atoms with Crippen LogP contribution in [0.5, 0.6) is 11.5 Å². The summed E-state index contributed by atoms with van der Waals surface area (Å²) >= 11 is 0. The minimum absolute atomic E-state index is 0.360. The SMILES string of the molecule is CC.CC.Cc1ccc2c(c1)OCO2. The van der Waals surface area contributed by atoms with E-state index in [1.807, 2.05) is 52.8 Å². The van der Waals surface area contributed by atoms with Crippen LogP contribution in [0.1, 0.15) is 33.3 Å². The highest BCUT2D eigenvalue weighted by Crippen LogP contribution is 2.31. The summed E-state index contributed by atoms with van der Waals surface area (Å²) in [5.41, 5.74) is 1.20. The van der Waals surface area contributed by atoms with Crippen molar-refractivity contribution < 1.29 is 9.47 Å². The third kappa shape index (κ3) is 3.29. The molecule has 2 rings (SSSR count). The van der Waals surface area contributed by atoms with Crippen LogP contribution in [0, 0.1) is 6.92 Å². The van der Waals surface area contributed by atoms with Crippen molar-refractivity contribution in [2.24, 2.45) is 0 Å². The maximum Gasteiger partial charge on any atom is 0.231 e. The predicted molar refractivity (Wildman–Crippen MR) is 60.0 cm³/mol. The molecule has 2 nitrogen and oxygen atoms in total. The van der Waals surface area contributed by atoms with Gasteiger partial charge >= 0.3 is 0 Å². The fourth-order valence-corrected chi connectivity index (χ4v) is 1.00. The van der Waals surface area contributed by atoms with E-state index >= 15 is 0 Å². The van der Waals surface area contributed by atoms with Crippen molar-refractivity contribution in [3.8, 4) is 11.5 Å². The lowest BCUT2D eigenvalue weighted by molar-refractivity contribution is 0.174. The van der Waals surface area contributed by atoms with Crippen molar-refractivity contribution in [3.63, 3.8) is 0 Å². The van der Waals surface area contributed by atoms with E-state index in [1.54, 1.807) is 0 Å². The maximum atomic E-state index is 5.16. The van der Waals surface area contributed by atoms with Gasteiger partial charge in [0.25, 0.3) is 0 Å². The number of hydrogen-bond donors (Lipinski definition) is 0. The second-order valence-corrected chi connectivity index (χ2v) is 2.36. The molecule has 0 saturated carbocycles. The van der Waals surface area contributed by atoms with Crippen LogP contribution >= 0.6 is 0 Å². The molecule has 0 saturated heterocycles. The Morgan fingerprint density at radius 3 is 2.14 bits per heavy atom. The smallest absolute Gasteiger partial charge is 0.231 e. The summed E-state index contributed by atoms with van der Waals surface area (Å²) in [5, 5.41) is 0. The van der Waals surface area contributed by atoms with Crippen molar-refractivity contribution in [1.29, 1.82) is 0 Å². The van der Waals surface area contributed by atoms with Gasteiger partial charge in [-0.05, 0) is 24.6 Å². The predicted octanol–water partition coefficient (Wildman–Crippen LogP) is 3.78. The fourth-order valence-electron chi connectivity index (χ4n) is 1.00. The number of ether oxygens (including phenoxy) is 2. The van der Waals surface area contributed by atoms with Crippen LogP contribution in [0.4, 0.5) is 0 Å². The van der Waals surface area contributed by atoms with Gasteiger partial charge in [0.2, 0.25) is 6.79 Å². The summed E-state index contributed by atoms with van der Waals surface area (Å²) in [6.07, 6.45) is 0. The Kier molecular flexibility index (Phi) is 6.63. The van der Waals surface area contributed by atoms with Gasteiger partial charge < -0.3 is 9.47 Å². The van der Waals surface area contributed by atoms with Crippen LogP contribution in [0.15, 0.2) is 18.2 Å². The summed E-state index contributed by atoms with van der Waals surface area (Å²) in [5.74, 6) is 1.71. The minimum Gasteiger partial charge on any atom is -0.454 e. The van der Waals surface area contributed by atoms with E-state index in [1.165, 1.54) is 5.56 Å². The van der Waals surface area contributed by atoms with Crippen LogP contribution in [-0.4, -0.2) is 6.79 Å². The van der Waals surface area contributed by atoms with Crippen molar-refractivity contribution in [1.82, 2.24) is 0 Å². The molecule has 1 aromatic carbocycles. The van der Waals surface area contributed by atoms with E-state index in [-0.39, 0.29) is 0 Å². The molecule has 0 fully saturated rings. The molecule has 0 atom stereocenters. The van der Waals surface area contributed by atoms with Gasteiger partial charge in [-0.15, -0.1) is 0 Å². The zero-order valence-electron chi connectivity index (χ0n) is 9.76. The summed E-state index contributed by atoms with van der Waals surface area (Å²) in [6, 6.07) is 5.91. The second-order valence-electron chi connectivity index (χ2n) is 2.36. The average molecular weight is 196 g/mol. The highest BCUT2D eigenvalue weighted by Gasteiger charge is 2.11. The lowest BCUT2D eigenvalue weighted by atomic mass is 10.2. The Hall–Kier alpha value is -1.18. The van der Waals surface area contributed by atoms with Gasteiger partial charge in [0, 0.05) is 0 Å². The second kappa shape index (κ2) is 7.25. The zero-order chi connectivity index (χ0) is 11.0. The van der Waals surface area contributed by atoms with E-state index < -0.39 is 0 Å². The normalized spacial score (nSPS) is 10.6. The first-order valence-electron chi connectivity index (χ1n) is 5.22. The number of rotatable bonds is 0. The van der Waals surface area contributed by atoms with E-state index in [9.17, 15) is 0 Å². The number of hydrogen-bond acceptors (Lipinski definition) is 2. The molecule has 0 bridgehead atoms. The van der Waals surface area contributed by atoms with Gasteiger partial charge in [0.15, 0.2) is 11.5 Å². The van der Waals surface area contributed by atoms with Gasteiger partial charge in [0.05, 0.1) is 0 Å². The van der Waals surface area contributed by atoms with Gasteiger partial charge in [-0.25, -0.2) is 0 Å². The molecular formula is C12H20O2.